The number of ether oxygens (including phenoxy) is 1. The highest BCUT2D eigenvalue weighted by Gasteiger charge is 2.49. The van der Waals surface area contributed by atoms with Crippen LogP contribution in [-0.4, -0.2) is 45.4 Å². The minimum absolute atomic E-state index is 0.0128. The molecule has 2 aromatic rings. The molecule has 2 fully saturated rings. The predicted molar refractivity (Wildman–Crippen MR) is 102 cm³/mol. The number of nitro benzene ring substituents is 2. The molecule has 12 heteroatoms. The third-order valence-electron chi connectivity index (χ3n) is 4.46. The normalized spacial score (nSPS) is 16.4. The van der Waals surface area contributed by atoms with Gasteiger partial charge in [0.05, 0.1) is 16.5 Å². The SMILES string of the molecule is O=[N+]([O-])c1ccc(Oc2cc(COP(=O)(N3CC3)N3CC3)ccc2[N+](=O)[O-])cc1. The molecule has 0 aliphatic carbocycles. The Morgan fingerprint density at radius 3 is 2.07 bits per heavy atom. The maximum atomic E-state index is 13.0. The summed E-state index contributed by atoms with van der Waals surface area (Å²) in [6.45, 7) is 2.91. The van der Waals surface area contributed by atoms with Crippen molar-refractivity contribution < 1.29 is 23.7 Å². The van der Waals surface area contributed by atoms with Gasteiger partial charge in [-0.25, -0.2) is 9.34 Å². The first kappa shape index (κ1) is 19.5. The van der Waals surface area contributed by atoms with Crippen molar-refractivity contribution in [2.24, 2.45) is 0 Å². The van der Waals surface area contributed by atoms with Crippen molar-refractivity contribution in [2.75, 3.05) is 26.2 Å². The molecule has 2 aliphatic heterocycles. The lowest BCUT2D eigenvalue weighted by Gasteiger charge is -2.19. The summed E-state index contributed by atoms with van der Waals surface area (Å²) in [5, 5.41) is 22.1. The Labute approximate surface area is 165 Å². The molecule has 0 saturated carbocycles. The summed E-state index contributed by atoms with van der Waals surface area (Å²) in [6, 6.07) is 9.49. The number of hydrogen-bond donors (Lipinski definition) is 0. The van der Waals surface area contributed by atoms with Crippen molar-refractivity contribution in [3.8, 4) is 11.5 Å². The zero-order chi connectivity index (χ0) is 20.6. The summed E-state index contributed by atoms with van der Waals surface area (Å²) < 4.78 is 27.8. The van der Waals surface area contributed by atoms with E-state index < -0.39 is 17.5 Å². The predicted octanol–water partition coefficient (Wildman–Crippen LogP) is 3.55. The van der Waals surface area contributed by atoms with Gasteiger partial charge in [-0.3, -0.25) is 24.8 Å². The first-order valence-electron chi connectivity index (χ1n) is 8.82. The van der Waals surface area contributed by atoms with E-state index in [9.17, 15) is 24.8 Å². The van der Waals surface area contributed by atoms with E-state index in [1.165, 1.54) is 42.5 Å². The summed E-state index contributed by atoms with van der Waals surface area (Å²) in [5.74, 6) is 0.189. The molecule has 0 unspecified atom stereocenters. The van der Waals surface area contributed by atoms with Crippen molar-refractivity contribution in [3.05, 3.63) is 68.3 Å². The van der Waals surface area contributed by atoms with E-state index in [0.29, 0.717) is 5.56 Å². The number of hydrogen-bond acceptors (Lipinski definition) is 7. The number of nitro groups is 2. The van der Waals surface area contributed by atoms with E-state index in [-0.39, 0.29) is 29.5 Å². The molecule has 0 bridgehead atoms. The molecule has 2 aromatic carbocycles. The lowest BCUT2D eigenvalue weighted by atomic mass is 10.2. The summed E-state index contributed by atoms with van der Waals surface area (Å²) in [7, 11) is -3.01. The highest BCUT2D eigenvalue weighted by Crippen LogP contribution is 2.61. The van der Waals surface area contributed by atoms with E-state index in [4.69, 9.17) is 9.26 Å². The van der Waals surface area contributed by atoms with Crippen LogP contribution in [0.15, 0.2) is 42.5 Å². The highest BCUT2D eigenvalue weighted by atomic mass is 31.2. The van der Waals surface area contributed by atoms with Gasteiger partial charge in [0.1, 0.15) is 5.75 Å². The molecule has 29 heavy (non-hydrogen) atoms. The van der Waals surface area contributed by atoms with Crippen LogP contribution in [0.25, 0.3) is 0 Å². The standard InChI is InChI=1S/C17H17N4O7P/c22-20(23)14-2-4-15(5-3-14)28-17-11-13(1-6-16(17)21(24)25)12-27-29(26,18-7-8-18)19-9-10-19/h1-6,11H,7-10,12H2. The average molecular weight is 420 g/mol. The second-order valence-corrected chi connectivity index (χ2v) is 8.95. The van der Waals surface area contributed by atoms with Gasteiger partial charge in [-0.2, -0.15) is 0 Å². The Morgan fingerprint density at radius 1 is 0.931 bits per heavy atom. The van der Waals surface area contributed by atoms with Gasteiger partial charge in [0.25, 0.3) is 5.69 Å². The fourth-order valence-electron chi connectivity index (χ4n) is 2.74. The van der Waals surface area contributed by atoms with Gasteiger partial charge >= 0.3 is 13.4 Å². The number of non-ortho nitro benzene ring substituents is 1. The van der Waals surface area contributed by atoms with Gasteiger partial charge < -0.3 is 9.26 Å². The maximum absolute atomic E-state index is 13.0. The quantitative estimate of drug-likeness (QED) is 0.259. The minimum atomic E-state index is -3.01. The molecule has 0 radical (unpaired) electrons. The van der Waals surface area contributed by atoms with E-state index >= 15 is 0 Å². The maximum Gasteiger partial charge on any atom is 0.346 e. The zero-order valence-corrected chi connectivity index (χ0v) is 16.1. The molecule has 2 heterocycles. The van der Waals surface area contributed by atoms with Crippen LogP contribution in [0.4, 0.5) is 11.4 Å². The second-order valence-electron chi connectivity index (χ2n) is 6.58. The van der Waals surface area contributed by atoms with Crippen LogP contribution < -0.4 is 4.74 Å². The van der Waals surface area contributed by atoms with Crippen LogP contribution in [0.2, 0.25) is 0 Å². The van der Waals surface area contributed by atoms with Crippen LogP contribution >= 0.6 is 7.67 Å². The lowest BCUT2D eigenvalue weighted by Crippen LogP contribution is -2.08. The largest absolute Gasteiger partial charge is 0.450 e. The molecule has 0 N–H and O–H groups in total. The molecule has 4 rings (SSSR count). The fourth-order valence-corrected chi connectivity index (χ4v) is 4.93. The van der Waals surface area contributed by atoms with Gasteiger partial charge in [-0.05, 0) is 29.8 Å². The summed E-state index contributed by atoms with van der Waals surface area (Å²) in [4.78, 5) is 20.9. The van der Waals surface area contributed by atoms with Crippen molar-refractivity contribution in [2.45, 2.75) is 6.61 Å². The molecule has 0 amide bonds. The number of nitrogens with zero attached hydrogens (tertiary/aromatic N) is 4. The van der Waals surface area contributed by atoms with Gasteiger partial charge in [-0.15, -0.1) is 0 Å². The first-order valence-corrected chi connectivity index (χ1v) is 10.3. The van der Waals surface area contributed by atoms with Crippen LogP contribution in [-0.2, 0) is 15.7 Å². The third kappa shape index (κ3) is 4.28. The van der Waals surface area contributed by atoms with E-state index in [1.54, 1.807) is 9.34 Å². The molecular formula is C17H17N4O7P. The molecule has 2 aliphatic rings. The Hall–Kier alpha value is -2.85. The molecule has 0 atom stereocenters. The lowest BCUT2D eigenvalue weighted by molar-refractivity contribution is -0.385. The molecule has 152 valence electrons. The van der Waals surface area contributed by atoms with Gasteiger partial charge in [0.2, 0.25) is 5.75 Å². The molecular weight excluding hydrogens is 403 g/mol. The summed E-state index contributed by atoms with van der Waals surface area (Å²) in [6.07, 6.45) is 0. The van der Waals surface area contributed by atoms with Crippen molar-refractivity contribution in [1.82, 2.24) is 9.34 Å². The van der Waals surface area contributed by atoms with Crippen molar-refractivity contribution in [3.63, 3.8) is 0 Å². The van der Waals surface area contributed by atoms with Crippen LogP contribution in [0.1, 0.15) is 5.56 Å². The van der Waals surface area contributed by atoms with Crippen molar-refractivity contribution >= 4 is 19.0 Å². The minimum Gasteiger partial charge on any atom is -0.450 e. The first-order chi connectivity index (χ1) is 13.9. The van der Waals surface area contributed by atoms with Gasteiger partial charge in [-0.1, -0.05) is 0 Å². The zero-order valence-electron chi connectivity index (χ0n) is 15.2. The summed E-state index contributed by atoms with van der Waals surface area (Å²) >= 11 is 0. The number of benzene rings is 2. The fraction of sp³-hybridized carbons (Fsp3) is 0.294. The Kier molecular flexibility index (Phi) is 5.05. The van der Waals surface area contributed by atoms with E-state index in [0.717, 1.165) is 26.2 Å². The van der Waals surface area contributed by atoms with Crippen molar-refractivity contribution in [1.29, 1.82) is 0 Å². The highest BCUT2D eigenvalue weighted by molar-refractivity contribution is 7.54. The van der Waals surface area contributed by atoms with E-state index in [2.05, 4.69) is 0 Å². The van der Waals surface area contributed by atoms with E-state index in [1.807, 2.05) is 0 Å². The molecule has 11 nitrogen and oxygen atoms in total. The van der Waals surface area contributed by atoms with Gasteiger partial charge in [0.15, 0.2) is 0 Å². The smallest absolute Gasteiger partial charge is 0.346 e. The number of rotatable bonds is 9. The van der Waals surface area contributed by atoms with Crippen LogP contribution in [0.5, 0.6) is 11.5 Å². The average Bonchev–Trinajstić information content (AvgIpc) is 3.57. The Morgan fingerprint density at radius 2 is 1.55 bits per heavy atom. The van der Waals surface area contributed by atoms with Crippen LogP contribution in [0.3, 0.4) is 0 Å². The molecule has 2 saturated heterocycles. The third-order valence-corrected chi connectivity index (χ3v) is 7.15. The van der Waals surface area contributed by atoms with Gasteiger partial charge in [0, 0.05) is 44.4 Å². The molecule has 0 spiro atoms. The topological polar surface area (TPSA) is 128 Å². The Bertz CT molecular complexity index is 989. The Balaban J connectivity index is 1.53. The van der Waals surface area contributed by atoms with Crippen LogP contribution in [0, 0.1) is 20.2 Å². The second kappa shape index (κ2) is 7.53. The molecule has 0 aromatic heterocycles. The summed E-state index contributed by atoms with van der Waals surface area (Å²) in [5.41, 5.74) is 0.193. The monoisotopic (exact) mass is 420 g/mol.